The van der Waals surface area contributed by atoms with Crippen molar-refractivity contribution in [2.75, 3.05) is 11.9 Å². The Morgan fingerprint density at radius 1 is 1.30 bits per heavy atom. The van der Waals surface area contributed by atoms with Crippen molar-refractivity contribution < 1.29 is 0 Å². The lowest BCUT2D eigenvalue weighted by atomic mass is 10.2. The highest BCUT2D eigenvalue weighted by atomic mass is 79.9. The molecular formula is C15H18BrN3S. The maximum Gasteiger partial charge on any atom is 0.171 e. The molecule has 106 valence electrons. The van der Waals surface area contributed by atoms with Crippen molar-refractivity contribution in [2.24, 2.45) is 0 Å². The predicted molar refractivity (Wildman–Crippen MR) is 88.6 cm³/mol. The molecule has 3 nitrogen and oxygen atoms in total. The average Bonchev–Trinajstić information content (AvgIpc) is 3.18. The number of rotatable bonds is 5. The maximum atomic E-state index is 4.81. The van der Waals surface area contributed by atoms with E-state index in [0.717, 1.165) is 39.7 Å². The number of aromatic nitrogens is 2. The molecule has 20 heavy (non-hydrogen) atoms. The summed E-state index contributed by atoms with van der Waals surface area (Å²) in [5.74, 6) is 2.38. The van der Waals surface area contributed by atoms with E-state index < -0.39 is 0 Å². The molecule has 0 aliphatic heterocycles. The number of nitrogens with one attached hydrogen (secondary N) is 1. The van der Waals surface area contributed by atoms with E-state index in [1.54, 1.807) is 11.3 Å². The van der Waals surface area contributed by atoms with E-state index in [1.165, 1.54) is 17.7 Å². The highest BCUT2D eigenvalue weighted by Gasteiger charge is 2.29. The second-order valence-electron chi connectivity index (χ2n) is 5.02. The fraction of sp³-hybridized carbons (Fsp3) is 0.467. The Hall–Kier alpha value is -0.940. The molecule has 0 aromatic carbocycles. The van der Waals surface area contributed by atoms with E-state index >= 15 is 0 Å². The molecular weight excluding hydrogens is 334 g/mol. The molecule has 2 aromatic rings. The van der Waals surface area contributed by atoms with Gasteiger partial charge in [0.15, 0.2) is 5.82 Å². The van der Waals surface area contributed by atoms with Gasteiger partial charge in [-0.05, 0) is 54.2 Å². The Labute approximate surface area is 132 Å². The molecule has 0 saturated heterocycles. The van der Waals surface area contributed by atoms with Crippen molar-refractivity contribution in [3.63, 3.8) is 0 Å². The van der Waals surface area contributed by atoms with Crippen LogP contribution < -0.4 is 5.32 Å². The first kappa shape index (κ1) is 14.0. The zero-order chi connectivity index (χ0) is 14.1. The van der Waals surface area contributed by atoms with Gasteiger partial charge in [0.1, 0.15) is 5.82 Å². The summed E-state index contributed by atoms with van der Waals surface area (Å²) in [5.41, 5.74) is 1.16. The fourth-order valence-electron chi connectivity index (χ4n) is 2.17. The third-order valence-corrected chi connectivity index (χ3v) is 5.42. The lowest BCUT2D eigenvalue weighted by Crippen LogP contribution is -2.05. The fourth-order valence-corrected chi connectivity index (χ4v) is 3.70. The van der Waals surface area contributed by atoms with Crippen molar-refractivity contribution in [2.45, 2.75) is 39.0 Å². The number of hydrogen-bond acceptors (Lipinski definition) is 4. The zero-order valence-corrected chi connectivity index (χ0v) is 14.1. The Balaban J connectivity index is 2.05. The third-order valence-electron chi connectivity index (χ3n) is 3.42. The lowest BCUT2D eigenvalue weighted by molar-refractivity contribution is 0.976. The van der Waals surface area contributed by atoms with Gasteiger partial charge in [-0.2, -0.15) is 0 Å². The molecule has 0 unspecified atom stereocenters. The van der Waals surface area contributed by atoms with Gasteiger partial charge in [-0.1, -0.05) is 6.92 Å². The molecule has 5 heteroatoms. The highest BCUT2D eigenvalue weighted by Crippen LogP contribution is 2.44. The van der Waals surface area contributed by atoms with E-state index in [0.29, 0.717) is 5.92 Å². The Morgan fingerprint density at radius 2 is 2.10 bits per heavy atom. The van der Waals surface area contributed by atoms with Crippen LogP contribution >= 0.6 is 27.3 Å². The number of hydrogen-bond donors (Lipinski definition) is 1. The first-order valence-electron chi connectivity index (χ1n) is 7.13. The van der Waals surface area contributed by atoms with E-state index in [-0.39, 0.29) is 0 Å². The molecule has 0 bridgehead atoms. The van der Waals surface area contributed by atoms with Crippen molar-refractivity contribution in [3.8, 4) is 10.7 Å². The molecule has 1 aliphatic carbocycles. The zero-order valence-electron chi connectivity index (χ0n) is 11.7. The summed E-state index contributed by atoms with van der Waals surface area (Å²) in [4.78, 5) is 12.0. The molecule has 0 radical (unpaired) electrons. The summed E-state index contributed by atoms with van der Waals surface area (Å²) in [7, 11) is 0. The van der Waals surface area contributed by atoms with Crippen LogP contribution in [0, 0.1) is 0 Å². The first-order valence-corrected chi connectivity index (χ1v) is 8.74. The van der Waals surface area contributed by atoms with Crippen LogP contribution in [0.3, 0.4) is 0 Å². The summed E-state index contributed by atoms with van der Waals surface area (Å²) in [6, 6.07) is 4.31. The second kappa shape index (κ2) is 5.82. The molecule has 2 aromatic heterocycles. The molecule has 1 saturated carbocycles. The van der Waals surface area contributed by atoms with Crippen molar-refractivity contribution in [3.05, 3.63) is 27.2 Å². The Morgan fingerprint density at radius 3 is 2.70 bits per heavy atom. The molecule has 0 atom stereocenters. The molecule has 3 rings (SSSR count). The number of aryl methyl sites for hydroxylation is 1. The predicted octanol–water partition coefficient (Wildman–Crippen LogP) is 4.84. The van der Waals surface area contributed by atoms with E-state index in [2.05, 4.69) is 47.2 Å². The number of thiophene rings is 1. The number of halogens is 1. The van der Waals surface area contributed by atoms with Gasteiger partial charge in [-0.15, -0.1) is 11.3 Å². The number of nitrogens with zero attached hydrogens (tertiary/aromatic N) is 2. The van der Waals surface area contributed by atoms with Crippen LogP contribution in [0.25, 0.3) is 10.7 Å². The van der Waals surface area contributed by atoms with Crippen LogP contribution in [-0.4, -0.2) is 16.5 Å². The first-order chi connectivity index (χ1) is 9.72. The normalized spacial score (nSPS) is 14.6. The van der Waals surface area contributed by atoms with Crippen LogP contribution in [0.15, 0.2) is 16.6 Å². The van der Waals surface area contributed by atoms with Gasteiger partial charge >= 0.3 is 0 Å². The molecule has 1 fully saturated rings. The van der Waals surface area contributed by atoms with Gasteiger partial charge in [-0.3, -0.25) is 0 Å². The van der Waals surface area contributed by atoms with E-state index in [4.69, 9.17) is 9.97 Å². The quantitative estimate of drug-likeness (QED) is 0.837. The summed E-state index contributed by atoms with van der Waals surface area (Å²) >= 11 is 5.46. The molecule has 0 amide bonds. The summed E-state index contributed by atoms with van der Waals surface area (Å²) in [5, 5.41) is 3.34. The maximum absolute atomic E-state index is 4.81. The van der Waals surface area contributed by atoms with Crippen molar-refractivity contribution in [1.82, 2.24) is 9.97 Å². The molecule has 1 aliphatic rings. The summed E-state index contributed by atoms with van der Waals surface area (Å²) in [6.07, 6.45) is 3.55. The minimum absolute atomic E-state index is 0.606. The van der Waals surface area contributed by atoms with Gasteiger partial charge in [-0.25, -0.2) is 9.97 Å². The van der Waals surface area contributed by atoms with Gasteiger partial charge in [0.05, 0.1) is 15.0 Å². The molecule has 1 N–H and O–H groups in total. The molecule has 0 spiro atoms. The van der Waals surface area contributed by atoms with Crippen LogP contribution in [0.4, 0.5) is 5.82 Å². The highest BCUT2D eigenvalue weighted by molar-refractivity contribution is 9.10. The largest absolute Gasteiger partial charge is 0.369 e. The smallest absolute Gasteiger partial charge is 0.171 e. The number of anilines is 1. The van der Waals surface area contributed by atoms with Crippen LogP contribution in [0.2, 0.25) is 0 Å². The van der Waals surface area contributed by atoms with Gasteiger partial charge in [0.25, 0.3) is 0 Å². The topological polar surface area (TPSA) is 37.8 Å². The van der Waals surface area contributed by atoms with Gasteiger partial charge < -0.3 is 5.32 Å². The minimum atomic E-state index is 0.606. The second-order valence-corrected chi connectivity index (χ2v) is 6.98. The third kappa shape index (κ3) is 2.74. The van der Waals surface area contributed by atoms with Crippen LogP contribution in [-0.2, 0) is 6.42 Å². The standard InChI is InChI=1S/C15H18BrN3S/c1-3-10-7-8-11(20-10)14-18-13(9-5-6-9)12(16)15(19-14)17-4-2/h7-9H,3-6H2,1-2H3,(H,17,18,19). The average molecular weight is 352 g/mol. The van der Waals surface area contributed by atoms with Gasteiger partial charge in [0.2, 0.25) is 0 Å². The molecule has 2 heterocycles. The van der Waals surface area contributed by atoms with Crippen LogP contribution in [0.1, 0.15) is 43.2 Å². The van der Waals surface area contributed by atoms with Crippen LogP contribution in [0.5, 0.6) is 0 Å². The Bertz CT molecular complexity index is 620. The SMILES string of the molecule is CCNc1nc(-c2ccc(CC)s2)nc(C2CC2)c1Br. The Kier molecular flexibility index (Phi) is 4.08. The lowest BCUT2D eigenvalue weighted by Gasteiger charge is -2.11. The van der Waals surface area contributed by atoms with E-state index in [9.17, 15) is 0 Å². The summed E-state index contributed by atoms with van der Waals surface area (Å²) in [6.45, 7) is 5.13. The minimum Gasteiger partial charge on any atom is -0.369 e. The van der Waals surface area contributed by atoms with Crippen molar-refractivity contribution >= 4 is 33.1 Å². The van der Waals surface area contributed by atoms with Crippen molar-refractivity contribution in [1.29, 1.82) is 0 Å². The van der Waals surface area contributed by atoms with Gasteiger partial charge in [0, 0.05) is 17.3 Å². The monoisotopic (exact) mass is 351 g/mol. The van der Waals surface area contributed by atoms with E-state index in [1.807, 2.05) is 0 Å². The summed E-state index contributed by atoms with van der Waals surface area (Å²) < 4.78 is 1.04.